The van der Waals surface area contributed by atoms with E-state index >= 15 is 0 Å². The topological polar surface area (TPSA) is 179 Å². The minimum Gasteiger partial charge on any atom is -0.481 e. The van der Waals surface area contributed by atoms with Gasteiger partial charge in [-0.2, -0.15) is 0 Å². The molecule has 0 aliphatic heterocycles. The molecule has 0 aromatic heterocycles. The summed E-state index contributed by atoms with van der Waals surface area (Å²) in [6.07, 6.45) is -0.371. The summed E-state index contributed by atoms with van der Waals surface area (Å²) in [5.41, 5.74) is 5.39. The van der Waals surface area contributed by atoms with E-state index in [2.05, 4.69) is 5.32 Å². The summed E-state index contributed by atoms with van der Waals surface area (Å²) in [6.45, 7) is -1.31. The van der Waals surface area contributed by atoms with E-state index in [-0.39, 0.29) is 12.8 Å². The van der Waals surface area contributed by atoms with Crippen LogP contribution in [0, 0.1) is 0 Å². The summed E-state index contributed by atoms with van der Waals surface area (Å²) in [7, 11) is 0. The summed E-state index contributed by atoms with van der Waals surface area (Å²) in [6, 6.07) is -2.54. The minimum atomic E-state index is -1.46. The maximum absolute atomic E-state index is 11.4. The van der Waals surface area contributed by atoms with Gasteiger partial charge in [-0.3, -0.25) is 14.4 Å². The smallest absolute Gasteiger partial charge is 0.328 e. The Hall–Kier alpha value is -2.20. The molecule has 0 spiro atoms. The van der Waals surface area contributed by atoms with Crippen molar-refractivity contribution in [1.82, 2.24) is 10.6 Å². The second-order valence-electron chi connectivity index (χ2n) is 3.90. The highest BCUT2D eigenvalue weighted by Crippen LogP contribution is 1.94. The van der Waals surface area contributed by atoms with Crippen molar-refractivity contribution < 1.29 is 34.5 Å². The van der Waals surface area contributed by atoms with Gasteiger partial charge < -0.3 is 31.7 Å². The van der Waals surface area contributed by atoms with Crippen LogP contribution in [-0.4, -0.2) is 64.3 Å². The molecule has 0 saturated heterocycles. The average Bonchev–Trinajstić information content (AvgIpc) is 2.38. The minimum absolute atomic E-state index is 0.0861. The van der Waals surface area contributed by atoms with E-state index in [1.165, 1.54) is 0 Å². The first kappa shape index (κ1) is 17.8. The lowest BCUT2D eigenvalue weighted by atomic mass is 10.1. The highest BCUT2D eigenvalue weighted by atomic mass is 16.4. The van der Waals surface area contributed by atoms with Crippen LogP contribution in [0.4, 0.5) is 0 Å². The second-order valence-corrected chi connectivity index (χ2v) is 3.90. The number of carbonyl (C=O) groups is 4. The highest BCUT2D eigenvalue weighted by Gasteiger charge is 2.20. The molecule has 2 amide bonds. The van der Waals surface area contributed by atoms with Crippen molar-refractivity contribution in [3.05, 3.63) is 0 Å². The van der Waals surface area contributed by atoms with Crippen LogP contribution in [0.25, 0.3) is 0 Å². The van der Waals surface area contributed by atoms with Crippen LogP contribution < -0.4 is 16.4 Å². The number of rotatable bonds is 9. The van der Waals surface area contributed by atoms with Gasteiger partial charge in [-0.15, -0.1) is 0 Å². The number of hydrogen-bond acceptors (Lipinski definition) is 6. The zero-order chi connectivity index (χ0) is 15.7. The first-order valence-corrected chi connectivity index (χ1v) is 5.66. The Labute approximate surface area is 113 Å². The van der Waals surface area contributed by atoms with Crippen LogP contribution in [0.1, 0.15) is 12.8 Å². The maximum atomic E-state index is 11.4. The van der Waals surface area contributed by atoms with Gasteiger partial charge in [0.1, 0.15) is 6.04 Å². The molecule has 0 bridgehead atoms. The molecule has 7 N–H and O–H groups in total. The number of aliphatic hydroxyl groups is 1. The van der Waals surface area contributed by atoms with Gasteiger partial charge >= 0.3 is 11.9 Å². The van der Waals surface area contributed by atoms with Gasteiger partial charge in [-0.1, -0.05) is 0 Å². The lowest BCUT2D eigenvalue weighted by molar-refractivity contribution is -0.142. The lowest BCUT2D eigenvalue weighted by Crippen LogP contribution is -2.49. The van der Waals surface area contributed by atoms with Crippen molar-refractivity contribution >= 4 is 23.8 Å². The third kappa shape index (κ3) is 7.28. The van der Waals surface area contributed by atoms with Crippen molar-refractivity contribution in [2.75, 3.05) is 13.2 Å². The normalized spacial score (nSPS) is 13.1. The molecule has 0 aromatic rings. The molecule has 0 fully saturated rings. The van der Waals surface area contributed by atoms with Crippen LogP contribution in [0.5, 0.6) is 0 Å². The van der Waals surface area contributed by atoms with E-state index in [0.717, 1.165) is 0 Å². The summed E-state index contributed by atoms with van der Waals surface area (Å²) in [5, 5.41) is 29.8. The van der Waals surface area contributed by atoms with Gasteiger partial charge in [-0.05, 0) is 6.42 Å². The van der Waals surface area contributed by atoms with Crippen molar-refractivity contribution in [1.29, 1.82) is 0 Å². The fourth-order valence-corrected chi connectivity index (χ4v) is 1.14. The zero-order valence-corrected chi connectivity index (χ0v) is 10.5. The quantitative estimate of drug-likeness (QED) is 0.258. The van der Waals surface area contributed by atoms with Gasteiger partial charge in [0.15, 0.2) is 0 Å². The van der Waals surface area contributed by atoms with Gasteiger partial charge in [-0.25, -0.2) is 4.79 Å². The molecule has 0 saturated carbocycles. The molecular formula is C10H17N3O7. The van der Waals surface area contributed by atoms with E-state index < -0.39 is 49.0 Å². The Kier molecular flexibility index (Phi) is 7.85. The number of carboxylic acid groups (broad SMARTS) is 2. The van der Waals surface area contributed by atoms with Gasteiger partial charge in [0.05, 0.1) is 19.2 Å². The first-order valence-electron chi connectivity index (χ1n) is 5.66. The Morgan fingerprint density at radius 2 is 1.75 bits per heavy atom. The fourth-order valence-electron chi connectivity index (χ4n) is 1.14. The number of carbonyl (C=O) groups excluding carboxylic acids is 2. The van der Waals surface area contributed by atoms with Crippen LogP contribution >= 0.6 is 0 Å². The summed E-state index contributed by atoms with van der Waals surface area (Å²) >= 11 is 0. The van der Waals surface area contributed by atoms with Crippen LogP contribution in [0.3, 0.4) is 0 Å². The van der Waals surface area contributed by atoms with Crippen molar-refractivity contribution in [2.24, 2.45) is 5.73 Å². The number of nitrogens with one attached hydrogen (secondary N) is 2. The standard InChI is InChI=1S/C10H17N3O7/c11-5(1-2-8(16)17)9(18)12-3-7(15)13-6(4-14)10(19)20/h5-6,14H,1-4,11H2,(H,12,18)(H,13,15)(H,16,17)(H,19,20). The lowest BCUT2D eigenvalue weighted by Gasteiger charge is -2.13. The van der Waals surface area contributed by atoms with E-state index in [9.17, 15) is 19.2 Å². The number of nitrogens with two attached hydrogens (primary N) is 1. The number of aliphatic hydroxyl groups excluding tert-OH is 1. The van der Waals surface area contributed by atoms with Crippen molar-refractivity contribution in [3.63, 3.8) is 0 Å². The van der Waals surface area contributed by atoms with Crippen molar-refractivity contribution in [2.45, 2.75) is 24.9 Å². The molecule has 114 valence electrons. The molecule has 2 unspecified atom stereocenters. The molecule has 0 heterocycles. The highest BCUT2D eigenvalue weighted by molar-refractivity contribution is 5.89. The maximum Gasteiger partial charge on any atom is 0.328 e. The van der Waals surface area contributed by atoms with E-state index in [4.69, 9.17) is 21.1 Å². The summed E-state index contributed by atoms with van der Waals surface area (Å²) < 4.78 is 0. The molecule has 10 heteroatoms. The Balaban J connectivity index is 4.08. The van der Waals surface area contributed by atoms with Crippen LogP contribution in [-0.2, 0) is 19.2 Å². The molecule has 0 aliphatic carbocycles. The Bertz CT molecular complexity index is 385. The van der Waals surface area contributed by atoms with Crippen LogP contribution in [0.2, 0.25) is 0 Å². The molecule has 20 heavy (non-hydrogen) atoms. The Morgan fingerprint density at radius 1 is 1.15 bits per heavy atom. The van der Waals surface area contributed by atoms with E-state index in [1.807, 2.05) is 5.32 Å². The number of aliphatic carboxylic acids is 2. The molecular weight excluding hydrogens is 274 g/mol. The fraction of sp³-hybridized carbons (Fsp3) is 0.600. The number of hydrogen-bond donors (Lipinski definition) is 6. The predicted octanol–water partition coefficient (Wildman–Crippen LogP) is -3.14. The first-order chi connectivity index (χ1) is 9.27. The van der Waals surface area contributed by atoms with E-state index in [1.54, 1.807) is 0 Å². The average molecular weight is 291 g/mol. The molecule has 0 radical (unpaired) electrons. The zero-order valence-electron chi connectivity index (χ0n) is 10.5. The molecule has 0 aliphatic rings. The summed E-state index contributed by atoms with van der Waals surface area (Å²) in [5.74, 6) is -4.05. The van der Waals surface area contributed by atoms with Gasteiger partial charge in [0.25, 0.3) is 0 Å². The molecule has 0 rings (SSSR count). The molecule has 0 aromatic carbocycles. The Morgan fingerprint density at radius 3 is 2.20 bits per heavy atom. The largest absolute Gasteiger partial charge is 0.481 e. The van der Waals surface area contributed by atoms with Crippen molar-refractivity contribution in [3.8, 4) is 0 Å². The number of amides is 2. The third-order valence-electron chi connectivity index (χ3n) is 2.25. The molecule has 2 atom stereocenters. The SMILES string of the molecule is NC(CCC(=O)O)C(=O)NCC(=O)NC(CO)C(=O)O. The number of carboxylic acids is 2. The van der Waals surface area contributed by atoms with Gasteiger partial charge in [0.2, 0.25) is 11.8 Å². The monoisotopic (exact) mass is 291 g/mol. The summed E-state index contributed by atoms with van der Waals surface area (Å²) in [4.78, 5) is 43.5. The second kappa shape index (κ2) is 8.82. The van der Waals surface area contributed by atoms with Crippen LogP contribution in [0.15, 0.2) is 0 Å². The third-order valence-corrected chi connectivity index (χ3v) is 2.25. The molecule has 10 nitrogen and oxygen atoms in total. The van der Waals surface area contributed by atoms with Gasteiger partial charge in [0, 0.05) is 6.42 Å². The predicted molar refractivity (Wildman–Crippen MR) is 64.5 cm³/mol. The van der Waals surface area contributed by atoms with E-state index in [0.29, 0.717) is 0 Å².